The van der Waals surface area contributed by atoms with E-state index >= 15 is 0 Å². The smallest absolute Gasteiger partial charge is 0.307 e. The standard InChI is InChI=1S/C27H33ClO5S/c1-4-5-6-10-19(26(32)33)22-18(24(30)27(2,3)25(22)31)14-12-16(29)13-15-21-23(28)17-9-7-8-11-20(17)34-21/h4-5,7-9,11-12,14,16,18-19,22,24,29-30H,6,10,13,15H2,1-3H3,(H,32,33)/b5-4?,14-12+/t16?,18-,19?,22-,24+/m1/s1. The van der Waals surface area contributed by atoms with Crippen molar-refractivity contribution in [1.29, 1.82) is 0 Å². The lowest BCUT2D eigenvalue weighted by molar-refractivity contribution is -0.147. The number of rotatable bonds is 10. The summed E-state index contributed by atoms with van der Waals surface area (Å²) < 4.78 is 1.10. The third kappa shape index (κ3) is 5.46. The van der Waals surface area contributed by atoms with Gasteiger partial charge in [0.1, 0.15) is 5.78 Å². The van der Waals surface area contributed by atoms with E-state index in [-0.39, 0.29) is 5.78 Å². The van der Waals surface area contributed by atoms with Crippen molar-refractivity contribution in [2.75, 3.05) is 0 Å². The van der Waals surface area contributed by atoms with Gasteiger partial charge in [-0.2, -0.15) is 0 Å². The molecule has 1 heterocycles. The second kappa shape index (κ2) is 11.2. The Morgan fingerprint density at radius 2 is 1.97 bits per heavy atom. The first-order valence-corrected chi connectivity index (χ1v) is 12.9. The van der Waals surface area contributed by atoms with Crippen LogP contribution in [0, 0.1) is 23.2 Å². The van der Waals surface area contributed by atoms with E-state index in [1.807, 2.05) is 43.3 Å². The Hall–Kier alpha value is -1.99. The van der Waals surface area contributed by atoms with Crippen LogP contribution in [-0.4, -0.2) is 39.3 Å². The number of halogens is 1. The molecule has 0 saturated heterocycles. The minimum absolute atomic E-state index is 0.242. The quantitative estimate of drug-likeness (QED) is 0.363. The molecule has 184 valence electrons. The molecule has 3 N–H and O–H groups in total. The van der Waals surface area contributed by atoms with Gasteiger partial charge in [-0.25, -0.2) is 0 Å². The summed E-state index contributed by atoms with van der Waals surface area (Å²) in [6.07, 6.45) is 7.01. The number of carboxylic acid groups (broad SMARTS) is 1. The molecule has 0 radical (unpaired) electrons. The average molecular weight is 505 g/mol. The fourth-order valence-electron chi connectivity index (χ4n) is 4.86. The summed E-state index contributed by atoms with van der Waals surface area (Å²) in [6.45, 7) is 5.18. The SMILES string of the molecule is CC=CCCC(C(=O)O)[C@@H]1C(=O)C(C)(C)[C@@H](O)[C@@H]1/C=C/C(O)CCc1sc2ccccc2c1Cl. The van der Waals surface area contributed by atoms with Gasteiger partial charge in [0.05, 0.1) is 28.6 Å². The summed E-state index contributed by atoms with van der Waals surface area (Å²) in [5, 5.41) is 33.1. The number of aliphatic hydroxyl groups excluding tert-OH is 2. The molecule has 1 fully saturated rings. The normalized spacial score (nSPS) is 24.4. The number of fused-ring (bicyclic) bond motifs is 1. The van der Waals surface area contributed by atoms with Gasteiger partial charge in [0.15, 0.2) is 0 Å². The Bertz CT molecular complexity index is 1090. The molecule has 34 heavy (non-hydrogen) atoms. The Morgan fingerprint density at radius 1 is 1.26 bits per heavy atom. The fourth-order valence-corrected chi connectivity index (χ4v) is 6.40. The van der Waals surface area contributed by atoms with Crippen LogP contribution in [0.3, 0.4) is 0 Å². The number of carbonyl (C=O) groups is 2. The number of hydrogen-bond donors (Lipinski definition) is 3. The van der Waals surface area contributed by atoms with Gasteiger partial charge >= 0.3 is 5.97 Å². The number of ketones is 1. The number of aliphatic carboxylic acids is 1. The molecule has 1 aliphatic rings. The highest BCUT2D eigenvalue weighted by Gasteiger charge is 2.56. The third-order valence-corrected chi connectivity index (χ3v) is 8.69. The van der Waals surface area contributed by atoms with Crippen LogP contribution in [0.15, 0.2) is 48.6 Å². The first-order chi connectivity index (χ1) is 16.1. The zero-order valence-corrected chi connectivity index (χ0v) is 21.4. The second-order valence-electron chi connectivity index (χ2n) is 9.55. The lowest BCUT2D eigenvalue weighted by Gasteiger charge is -2.24. The number of allylic oxidation sites excluding steroid dienone is 2. The van der Waals surface area contributed by atoms with E-state index in [2.05, 4.69) is 0 Å². The van der Waals surface area contributed by atoms with Gasteiger partial charge < -0.3 is 15.3 Å². The van der Waals surface area contributed by atoms with Crippen molar-refractivity contribution < 1.29 is 24.9 Å². The number of aliphatic hydroxyl groups is 2. The Morgan fingerprint density at radius 3 is 2.62 bits per heavy atom. The molecule has 1 aliphatic carbocycles. The Balaban J connectivity index is 1.75. The zero-order chi connectivity index (χ0) is 25.0. The van der Waals surface area contributed by atoms with E-state index in [0.717, 1.165) is 15.0 Å². The molecule has 2 unspecified atom stereocenters. The average Bonchev–Trinajstić information content (AvgIpc) is 3.20. The van der Waals surface area contributed by atoms with Crippen LogP contribution in [0.4, 0.5) is 0 Å². The fraction of sp³-hybridized carbons (Fsp3) is 0.481. The van der Waals surface area contributed by atoms with Crippen molar-refractivity contribution in [3.8, 4) is 0 Å². The van der Waals surface area contributed by atoms with Crippen molar-refractivity contribution >= 4 is 44.8 Å². The van der Waals surface area contributed by atoms with Crippen LogP contribution in [0.25, 0.3) is 10.1 Å². The molecule has 1 saturated carbocycles. The van der Waals surface area contributed by atoms with Crippen LogP contribution < -0.4 is 0 Å². The van der Waals surface area contributed by atoms with Crippen molar-refractivity contribution in [3.05, 3.63) is 58.5 Å². The summed E-state index contributed by atoms with van der Waals surface area (Å²) in [7, 11) is 0. The van der Waals surface area contributed by atoms with Crippen molar-refractivity contribution in [1.82, 2.24) is 0 Å². The number of benzene rings is 1. The molecule has 0 spiro atoms. The summed E-state index contributed by atoms with van der Waals surface area (Å²) in [5.74, 6) is -3.69. The van der Waals surface area contributed by atoms with Gasteiger partial charge in [0.2, 0.25) is 0 Å². The highest BCUT2D eigenvalue weighted by Crippen LogP contribution is 2.47. The minimum Gasteiger partial charge on any atom is -0.481 e. The molecule has 2 aromatic rings. The van der Waals surface area contributed by atoms with Crippen LogP contribution >= 0.6 is 22.9 Å². The molecule has 1 aromatic carbocycles. The molecular weight excluding hydrogens is 472 g/mol. The van der Waals surface area contributed by atoms with E-state index < -0.39 is 41.3 Å². The first kappa shape index (κ1) is 26.6. The minimum atomic E-state index is -1.05. The second-order valence-corrected chi connectivity index (χ2v) is 11.1. The van der Waals surface area contributed by atoms with E-state index in [4.69, 9.17) is 11.6 Å². The Kier molecular flexibility index (Phi) is 8.74. The lowest BCUT2D eigenvalue weighted by atomic mass is 9.79. The molecule has 3 rings (SSSR count). The number of hydrogen-bond acceptors (Lipinski definition) is 5. The first-order valence-electron chi connectivity index (χ1n) is 11.7. The number of carboxylic acids is 1. The molecule has 0 bridgehead atoms. The third-order valence-electron chi connectivity index (χ3n) is 6.91. The van der Waals surface area contributed by atoms with Gasteiger partial charge in [0, 0.05) is 26.8 Å². The molecule has 5 nitrogen and oxygen atoms in total. The Labute approximate surface area is 209 Å². The highest BCUT2D eigenvalue weighted by molar-refractivity contribution is 7.19. The summed E-state index contributed by atoms with van der Waals surface area (Å²) >= 11 is 8.11. The predicted octanol–water partition coefficient (Wildman–Crippen LogP) is 5.66. The van der Waals surface area contributed by atoms with E-state index in [1.54, 1.807) is 37.3 Å². The number of thiophene rings is 1. The number of Topliss-reactive ketones (excluding diaryl/α,β-unsaturated/α-hetero) is 1. The van der Waals surface area contributed by atoms with Crippen molar-refractivity contribution in [2.45, 2.75) is 58.7 Å². The van der Waals surface area contributed by atoms with Crippen molar-refractivity contribution in [2.24, 2.45) is 23.2 Å². The maximum Gasteiger partial charge on any atom is 0.307 e. The largest absolute Gasteiger partial charge is 0.481 e. The van der Waals surface area contributed by atoms with E-state index in [1.165, 1.54) is 0 Å². The predicted molar refractivity (Wildman–Crippen MR) is 137 cm³/mol. The van der Waals surface area contributed by atoms with Gasteiger partial charge in [-0.1, -0.05) is 68.0 Å². The summed E-state index contributed by atoms with van der Waals surface area (Å²) in [6, 6.07) is 7.90. The van der Waals surface area contributed by atoms with Crippen LogP contribution in [0.1, 0.15) is 44.9 Å². The monoisotopic (exact) mass is 504 g/mol. The molecule has 0 amide bonds. The van der Waals surface area contributed by atoms with Crippen LogP contribution in [0.5, 0.6) is 0 Å². The maximum atomic E-state index is 13.2. The molecule has 0 aliphatic heterocycles. The van der Waals surface area contributed by atoms with Crippen LogP contribution in [0.2, 0.25) is 5.02 Å². The van der Waals surface area contributed by atoms with Crippen molar-refractivity contribution in [3.63, 3.8) is 0 Å². The highest BCUT2D eigenvalue weighted by atomic mass is 35.5. The van der Waals surface area contributed by atoms with E-state index in [0.29, 0.717) is 30.7 Å². The number of carbonyl (C=O) groups excluding carboxylic acids is 1. The molecule has 5 atom stereocenters. The lowest BCUT2D eigenvalue weighted by Crippen LogP contribution is -2.33. The summed E-state index contributed by atoms with van der Waals surface area (Å²) in [4.78, 5) is 26.2. The molecule has 1 aromatic heterocycles. The van der Waals surface area contributed by atoms with Gasteiger partial charge in [0.25, 0.3) is 0 Å². The zero-order valence-electron chi connectivity index (χ0n) is 19.8. The molecular formula is C27H33ClO5S. The van der Waals surface area contributed by atoms with E-state index in [9.17, 15) is 24.9 Å². The maximum absolute atomic E-state index is 13.2. The molecule has 7 heteroatoms. The topological polar surface area (TPSA) is 94.8 Å². The summed E-state index contributed by atoms with van der Waals surface area (Å²) in [5.41, 5.74) is -1.05. The van der Waals surface area contributed by atoms with Gasteiger partial charge in [-0.05, 0) is 38.7 Å². The number of aryl methyl sites for hydroxylation is 1. The van der Waals surface area contributed by atoms with Crippen LogP contribution in [-0.2, 0) is 16.0 Å². The van der Waals surface area contributed by atoms with Gasteiger partial charge in [-0.15, -0.1) is 11.3 Å². The van der Waals surface area contributed by atoms with Gasteiger partial charge in [-0.3, -0.25) is 9.59 Å².